The number of piperidine rings is 1. The average Bonchev–Trinajstić information content (AvgIpc) is 2.62. The molecule has 2 aromatic carbocycles. The number of rotatable bonds is 3. The van der Waals surface area contributed by atoms with Crippen molar-refractivity contribution in [2.45, 2.75) is 18.9 Å². The lowest BCUT2D eigenvalue weighted by atomic mass is 9.96. The molecule has 4 heteroatoms. The number of nitrogens with two attached hydrogens (primary N) is 1. The summed E-state index contributed by atoms with van der Waals surface area (Å²) in [6.45, 7) is 0.548. The Morgan fingerprint density at radius 3 is 2.43 bits per heavy atom. The average molecular weight is 307 g/mol. The highest BCUT2D eigenvalue weighted by atomic mass is 16.2. The van der Waals surface area contributed by atoms with Gasteiger partial charge in [-0.1, -0.05) is 48.5 Å². The minimum atomic E-state index is -0.625. The number of hydrogen-bond acceptors (Lipinski definition) is 2. The third-order valence-corrected chi connectivity index (χ3v) is 4.12. The SMILES string of the molecule is NC(=O)[C@H]1[CH]CCCN1C(=O)c1ccccc1-c1ccccc1. The van der Waals surface area contributed by atoms with Crippen LogP contribution in [-0.2, 0) is 4.79 Å². The topological polar surface area (TPSA) is 63.4 Å². The summed E-state index contributed by atoms with van der Waals surface area (Å²) in [6.07, 6.45) is 3.48. The molecule has 0 spiro atoms. The maximum absolute atomic E-state index is 13.0. The predicted octanol–water partition coefficient (Wildman–Crippen LogP) is 2.65. The van der Waals surface area contributed by atoms with Crippen molar-refractivity contribution in [1.29, 1.82) is 0 Å². The highest BCUT2D eigenvalue weighted by Gasteiger charge is 2.32. The molecule has 1 radical (unpaired) electrons. The molecule has 2 amide bonds. The lowest BCUT2D eigenvalue weighted by Gasteiger charge is -2.34. The summed E-state index contributed by atoms with van der Waals surface area (Å²) in [5.41, 5.74) is 7.90. The summed E-state index contributed by atoms with van der Waals surface area (Å²) in [4.78, 5) is 26.2. The largest absolute Gasteiger partial charge is 0.368 e. The first-order chi connectivity index (χ1) is 11.2. The van der Waals surface area contributed by atoms with Gasteiger partial charge in [0.15, 0.2) is 0 Å². The Kier molecular flexibility index (Phi) is 4.42. The van der Waals surface area contributed by atoms with E-state index < -0.39 is 11.9 Å². The van der Waals surface area contributed by atoms with Crippen LogP contribution in [-0.4, -0.2) is 29.3 Å². The molecule has 2 N–H and O–H groups in total. The van der Waals surface area contributed by atoms with Gasteiger partial charge in [-0.25, -0.2) is 0 Å². The molecule has 1 fully saturated rings. The highest BCUT2D eigenvalue weighted by Crippen LogP contribution is 2.27. The van der Waals surface area contributed by atoms with Crippen LogP contribution in [0.15, 0.2) is 54.6 Å². The van der Waals surface area contributed by atoms with Crippen LogP contribution >= 0.6 is 0 Å². The number of nitrogens with zero attached hydrogens (tertiary/aromatic N) is 1. The first-order valence-corrected chi connectivity index (χ1v) is 7.76. The van der Waals surface area contributed by atoms with Gasteiger partial charge in [-0.3, -0.25) is 9.59 Å². The molecule has 1 heterocycles. The van der Waals surface area contributed by atoms with Crippen molar-refractivity contribution < 1.29 is 9.59 Å². The fourth-order valence-electron chi connectivity index (χ4n) is 3.00. The van der Waals surface area contributed by atoms with Crippen LogP contribution in [0.2, 0.25) is 0 Å². The number of primary amides is 1. The fourth-order valence-corrected chi connectivity index (χ4v) is 3.00. The van der Waals surface area contributed by atoms with E-state index in [-0.39, 0.29) is 5.91 Å². The van der Waals surface area contributed by atoms with Crippen LogP contribution in [0.4, 0.5) is 0 Å². The molecule has 4 nitrogen and oxygen atoms in total. The minimum Gasteiger partial charge on any atom is -0.368 e. The summed E-state index contributed by atoms with van der Waals surface area (Å²) in [5, 5.41) is 0. The summed E-state index contributed by atoms with van der Waals surface area (Å²) in [7, 11) is 0. The molecule has 0 unspecified atom stereocenters. The Labute approximate surface area is 135 Å². The van der Waals surface area contributed by atoms with Gasteiger partial charge >= 0.3 is 0 Å². The van der Waals surface area contributed by atoms with Crippen molar-refractivity contribution in [2.24, 2.45) is 5.73 Å². The molecular formula is C19H19N2O2. The van der Waals surface area contributed by atoms with E-state index >= 15 is 0 Å². The van der Waals surface area contributed by atoms with Gasteiger partial charge < -0.3 is 10.6 Å². The second-order valence-electron chi connectivity index (χ2n) is 5.64. The molecule has 0 aromatic heterocycles. The van der Waals surface area contributed by atoms with Crippen molar-refractivity contribution >= 4 is 11.8 Å². The number of carbonyl (C=O) groups is 2. The van der Waals surface area contributed by atoms with Crippen LogP contribution < -0.4 is 5.73 Å². The molecule has 23 heavy (non-hydrogen) atoms. The van der Waals surface area contributed by atoms with E-state index in [0.29, 0.717) is 12.1 Å². The van der Waals surface area contributed by atoms with Gasteiger partial charge in [-0.15, -0.1) is 0 Å². The zero-order valence-electron chi connectivity index (χ0n) is 12.8. The smallest absolute Gasteiger partial charge is 0.255 e. The Morgan fingerprint density at radius 2 is 1.70 bits per heavy atom. The van der Waals surface area contributed by atoms with E-state index in [9.17, 15) is 9.59 Å². The Morgan fingerprint density at radius 1 is 1.00 bits per heavy atom. The monoisotopic (exact) mass is 307 g/mol. The highest BCUT2D eigenvalue weighted by molar-refractivity contribution is 6.03. The number of amides is 2. The molecular weight excluding hydrogens is 288 g/mol. The van der Waals surface area contributed by atoms with Crippen molar-refractivity contribution in [3.8, 4) is 11.1 Å². The fraction of sp³-hybridized carbons (Fsp3) is 0.211. The number of carbonyl (C=O) groups excluding carboxylic acids is 2. The maximum atomic E-state index is 13.0. The third-order valence-electron chi connectivity index (χ3n) is 4.12. The van der Waals surface area contributed by atoms with Crippen LogP contribution in [0.3, 0.4) is 0 Å². The maximum Gasteiger partial charge on any atom is 0.255 e. The summed E-state index contributed by atoms with van der Waals surface area (Å²) in [5.74, 6) is -0.626. The van der Waals surface area contributed by atoms with Crippen molar-refractivity contribution in [3.63, 3.8) is 0 Å². The number of benzene rings is 2. The molecule has 1 atom stereocenters. The molecule has 0 aliphatic carbocycles. The first-order valence-electron chi connectivity index (χ1n) is 7.76. The van der Waals surface area contributed by atoms with Crippen LogP contribution in [0.25, 0.3) is 11.1 Å². The van der Waals surface area contributed by atoms with Crippen LogP contribution in [0.1, 0.15) is 23.2 Å². The molecule has 1 aliphatic rings. The standard InChI is InChI=1S/C19H19N2O2/c20-18(22)17-12-6-7-13-21(17)19(23)16-11-5-4-10-15(16)14-8-2-1-3-9-14/h1-5,8-12,17H,6-7,13H2,(H2,20,22)/t17-/m1/s1. The summed E-state index contributed by atoms with van der Waals surface area (Å²) in [6, 6.07) is 16.6. The third kappa shape index (κ3) is 3.11. The normalized spacial score (nSPS) is 17.7. The second kappa shape index (κ2) is 6.65. The van der Waals surface area contributed by atoms with E-state index in [1.807, 2.05) is 55.0 Å². The lowest BCUT2D eigenvalue weighted by Crippen LogP contribution is -2.50. The van der Waals surface area contributed by atoms with Crippen molar-refractivity contribution in [2.75, 3.05) is 6.54 Å². The Bertz CT molecular complexity index is 712. The molecule has 0 saturated carbocycles. The Hall–Kier alpha value is -2.62. The lowest BCUT2D eigenvalue weighted by molar-refractivity contribution is -0.121. The molecule has 1 saturated heterocycles. The number of hydrogen-bond donors (Lipinski definition) is 1. The molecule has 0 bridgehead atoms. The number of likely N-dealkylation sites (tertiary alicyclic amines) is 1. The summed E-state index contributed by atoms with van der Waals surface area (Å²) >= 11 is 0. The van der Waals surface area contributed by atoms with E-state index in [4.69, 9.17) is 5.73 Å². The van der Waals surface area contributed by atoms with Gasteiger partial charge in [-0.05, 0) is 36.5 Å². The van der Waals surface area contributed by atoms with E-state index in [1.165, 1.54) is 0 Å². The Balaban J connectivity index is 1.98. The minimum absolute atomic E-state index is 0.149. The van der Waals surface area contributed by atoms with Gasteiger partial charge in [0.25, 0.3) is 5.91 Å². The van der Waals surface area contributed by atoms with Gasteiger partial charge in [0.1, 0.15) is 6.04 Å². The van der Waals surface area contributed by atoms with Crippen molar-refractivity contribution in [1.82, 2.24) is 4.90 Å². The zero-order valence-corrected chi connectivity index (χ0v) is 12.8. The zero-order chi connectivity index (χ0) is 16.2. The quantitative estimate of drug-likeness (QED) is 0.947. The van der Waals surface area contributed by atoms with Crippen LogP contribution in [0.5, 0.6) is 0 Å². The first kappa shape index (κ1) is 15.3. The van der Waals surface area contributed by atoms with Gasteiger partial charge in [0, 0.05) is 12.1 Å². The van der Waals surface area contributed by atoms with E-state index in [1.54, 1.807) is 11.0 Å². The summed E-state index contributed by atoms with van der Waals surface area (Å²) < 4.78 is 0. The van der Waals surface area contributed by atoms with Crippen molar-refractivity contribution in [3.05, 3.63) is 66.6 Å². The molecule has 117 valence electrons. The predicted molar refractivity (Wildman–Crippen MR) is 89.4 cm³/mol. The van der Waals surface area contributed by atoms with Gasteiger partial charge in [0.2, 0.25) is 5.91 Å². The van der Waals surface area contributed by atoms with Gasteiger partial charge in [0.05, 0.1) is 0 Å². The molecule has 2 aromatic rings. The van der Waals surface area contributed by atoms with E-state index in [2.05, 4.69) is 0 Å². The van der Waals surface area contributed by atoms with Crippen LogP contribution in [0, 0.1) is 6.42 Å². The molecule has 3 rings (SSSR count). The van der Waals surface area contributed by atoms with Gasteiger partial charge in [-0.2, -0.15) is 0 Å². The second-order valence-corrected chi connectivity index (χ2v) is 5.64. The molecule has 1 aliphatic heterocycles. The van der Waals surface area contributed by atoms with E-state index in [0.717, 1.165) is 24.0 Å².